The highest BCUT2D eigenvalue weighted by Crippen LogP contribution is 2.43. The van der Waals surface area contributed by atoms with Crippen LogP contribution in [0.15, 0.2) is 72.8 Å². The summed E-state index contributed by atoms with van der Waals surface area (Å²) in [4.78, 5) is 1.04. The molecule has 0 amide bonds. The summed E-state index contributed by atoms with van der Waals surface area (Å²) in [7, 11) is 0. The number of benzene rings is 3. The molecule has 0 aliphatic rings. The molecule has 138 valence electrons. The summed E-state index contributed by atoms with van der Waals surface area (Å²) in [5.41, 5.74) is 3.98. The third-order valence-corrected chi connectivity index (χ3v) is 5.67. The van der Waals surface area contributed by atoms with Crippen molar-refractivity contribution in [3.63, 3.8) is 0 Å². The van der Waals surface area contributed by atoms with Gasteiger partial charge in [0.1, 0.15) is 11.9 Å². The lowest BCUT2D eigenvalue weighted by Crippen LogP contribution is -2.00. The minimum absolute atomic E-state index is 0.241. The van der Waals surface area contributed by atoms with Gasteiger partial charge in [0.15, 0.2) is 0 Å². The van der Waals surface area contributed by atoms with Crippen LogP contribution in [0.25, 0.3) is 20.5 Å². The topological polar surface area (TPSA) is 40.5 Å². The first-order chi connectivity index (χ1) is 13.1. The lowest BCUT2D eigenvalue weighted by Gasteiger charge is -2.14. The second kappa shape index (κ2) is 8.38. The number of hydrogen-bond donors (Lipinski definition) is 2. The predicted molar refractivity (Wildman–Crippen MR) is 116 cm³/mol. The van der Waals surface area contributed by atoms with Gasteiger partial charge in [-0.3, -0.25) is 0 Å². The van der Waals surface area contributed by atoms with Gasteiger partial charge in [0.2, 0.25) is 0 Å². The highest BCUT2D eigenvalue weighted by molar-refractivity contribution is 7.22. The van der Waals surface area contributed by atoms with E-state index in [9.17, 15) is 10.2 Å². The fraction of sp³-hybridized carbons (Fsp3) is 0.167. The summed E-state index contributed by atoms with van der Waals surface area (Å²) >= 11 is 1.67. The zero-order chi connectivity index (χ0) is 19.4. The Morgan fingerprint density at radius 3 is 2.11 bits per heavy atom. The van der Waals surface area contributed by atoms with Gasteiger partial charge in [-0.2, -0.15) is 0 Å². The van der Waals surface area contributed by atoms with Crippen molar-refractivity contribution in [2.24, 2.45) is 0 Å². The average Bonchev–Trinajstić information content (AvgIpc) is 3.09. The fourth-order valence-corrected chi connectivity index (χ4v) is 4.32. The first-order valence-corrected chi connectivity index (χ1v) is 10.0. The highest BCUT2D eigenvalue weighted by atomic mass is 32.1. The second-order valence-corrected chi connectivity index (χ2v) is 7.25. The van der Waals surface area contributed by atoms with Crippen LogP contribution < -0.4 is 0 Å². The number of fused-ring (bicyclic) bond motifs is 1. The van der Waals surface area contributed by atoms with Crippen LogP contribution in [0, 0.1) is 6.92 Å². The second-order valence-electron chi connectivity index (χ2n) is 6.20. The Morgan fingerprint density at radius 2 is 1.44 bits per heavy atom. The molecule has 0 fully saturated rings. The molecule has 3 aromatic carbocycles. The first kappa shape index (κ1) is 19.2. The van der Waals surface area contributed by atoms with Crippen LogP contribution in [0.2, 0.25) is 0 Å². The van der Waals surface area contributed by atoms with Gasteiger partial charge in [-0.15, -0.1) is 11.3 Å². The molecule has 0 radical (unpaired) electrons. The molecule has 1 atom stereocenters. The molecule has 2 N–H and O–H groups in total. The molecule has 2 nitrogen and oxygen atoms in total. The number of rotatable bonds is 3. The van der Waals surface area contributed by atoms with Gasteiger partial charge in [-0.25, -0.2) is 0 Å². The Kier molecular flexibility index (Phi) is 5.94. The van der Waals surface area contributed by atoms with Gasteiger partial charge in [0.25, 0.3) is 0 Å². The largest absolute Gasteiger partial charge is 0.508 e. The van der Waals surface area contributed by atoms with Gasteiger partial charge in [0, 0.05) is 15.1 Å². The Bertz CT molecular complexity index is 1010. The molecule has 0 spiro atoms. The third-order valence-electron chi connectivity index (χ3n) is 4.43. The van der Waals surface area contributed by atoms with Crippen LogP contribution >= 0.6 is 11.3 Å². The Morgan fingerprint density at radius 1 is 0.815 bits per heavy atom. The molecule has 0 aliphatic heterocycles. The highest BCUT2D eigenvalue weighted by Gasteiger charge is 2.21. The van der Waals surface area contributed by atoms with Gasteiger partial charge in [-0.1, -0.05) is 61.9 Å². The minimum atomic E-state index is -0.694. The van der Waals surface area contributed by atoms with Crippen molar-refractivity contribution < 1.29 is 10.2 Å². The van der Waals surface area contributed by atoms with Crippen molar-refractivity contribution in [2.45, 2.75) is 26.9 Å². The van der Waals surface area contributed by atoms with Crippen LogP contribution in [0.4, 0.5) is 0 Å². The Hall–Kier alpha value is -2.62. The normalized spacial score (nSPS) is 11.7. The van der Waals surface area contributed by atoms with E-state index < -0.39 is 6.10 Å². The number of aliphatic hydroxyl groups is 1. The molecular formula is C24H24O2S. The molecule has 0 bridgehead atoms. The molecule has 1 unspecified atom stereocenters. The van der Waals surface area contributed by atoms with Crippen molar-refractivity contribution in [2.75, 3.05) is 0 Å². The molecule has 0 saturated heterocycles. The Labute approximate surface area is 164 Å². The third kappa shape index (κ3) is 3.90. The summed E-state index contributed by atoms with van der Waals surface area (Å²) in [6, 6.07) is 23.3. The molecule has 0 saturated carbocycles. The summed E-state index contributed by atoms with van der Waals surface area (Å²) in [5.74, 6) is 0.241. The average molecular weight is 377 g/mol. The van der Waals surface area contributed by atoms with E-state index in [1.165, 1.54) is 5.56 Å². The maximum atomic E-state index is 11.1. The molecule has 1 heterocycles. The summed E-state index contributed by atoms with van der Waals surface area (Å²) < 4.78 is 1.15. The smallest absolute Gasteiger partial charge is 0.115 e. The number of phenolic OH excluding ortho intramolecular Hbond substituents is 1. The molecule has 3 heteroatoms. The summed E-state index contributed by atoms with van der Waals surface area (Å²) in [6.07, 6.45) is -0.694. The van der Waals surface area contributed by atoms with Crippen molar-refractivity contribution in [3.05, 3.63) is 89.5 Å². The minimum Gasteiger partial charge on any atom is -0.508 e. The van der Waals surface area contributed by atoms with Crippen molar-refractivity contribution in [1.29, 1.82) is 0 Å². The van der Waals surface area contributed by atoms with Gasteiger partial charge < -0.3 is 10.2 Å². The molecular weight excluding hydrogens is 352 g/mol. The van der Waals surface area contributed by atoms with Crippen LogP contribution in [-0.2, 0) is 0 Å². The van der Waals surface area contributed by atoms with Gasteiger partial charge in [-0.05, 0) is 53.8 Å². The Balaban J connectivity index is 0.00000102. The predicted octanol–water partition coefficient (Wildman–Crippen LogP) is 6.69. The molecule has 0 aliphatic carbocycles. The van der Waals surface area contributed by atoms with Crippen molar-refractivity contribution in [1.82, 2.24) is 0 Å². The van der Waals surface area contributed by atoms with E-state index in [0.717, 1.165) is 31.7 Å². The monoisotopic (exact) mass is 376 g/mol. The van der Waals surface area contributed by atoms with E-state index in [-0.39, 0.29) is 5.75 Å². The van der Waals surface area contributed by atoms with Crippen molar-refractivity contribution in [3.8, 4) is 16.2 Å². The van der Waals surface area contributed by atoms with E-state index in [0.29, 0.717) is 0 Å². The molecule has 4 aromatic rings. The summed E-state index contributed by atoms with van der Waals surface area (Å²) in [5, 5.41) is 21.8. The van der Waals surface area contributed by atoms with E-state index in [1.54, 1.807) is 23.5 Å². The molecule has 27 heavy (non-hydrogen) atoms. The van der Waals surface area contributed by atoms with E-state index in [1.807, 2.05) is 69.3 Å². The van der Waals surface area contributed by atoms with E-state index in [2.05, 4.69) is 12.1 Å². The molecule has 1 aromatic heterocycles. The van der Waals surface area contributed by atoms with Crippen LogP contribution in [0.3, 0.4) is 0 Å². The fourth-order valence-electron chi connectivity index (χ4n) is 3.08. The zero-order valence-corrected chi connectivity index (χ0v) is 16.6. The van der Waals surface area contributed by atoms with Crippen LogP contribution in [0.1, 0.15) is 36.6 Å². The number of aryl methyl sites for hydroxylation is 1. The zero-order valence-electron chi connectivity index (χ0n) is 15.8. The molecule has 4 rings (SSSR count). The van der Waals surface area contributed by atoms with Crippen LogP contribution in [0.5, 0.6) is 5.75 Å². The number of aromatic hydroxyl groups is 1. The summed E-state index contributed by atoms with van der Waals surface area (Å²) in [6.45, 7) is 6.04. The van der Waals surface area contributed by atoms with Gasteiger partial charge >= 0.3 is 0 Å². The number of thiophene rings is 1. The number of hydrogen-bond acceptors (Lipinski definition) is 3. The maximum Gasteiger partial charge on any atom is 0.115 e. The van der Waals surface area contributed by atoms with E-state index >= 15 is 0 Å². The van der Waals surface area contributed by atoms with Gasteiger partial charge in [0.05, 0.1) is 0 Å². The quantitative estimate of drug-likeness (QED) is 0.418. The SMILES string of the molecule is CC.Cc1ccc(C(O)c2c(-c3ccc(O)cc3)sc3ccccc23)cc1. The lowest BCUT2D eigenvalue weighted by molar-refractivity contribution is 0.223. The van der Waals surface area contributed by atoms with Crippen LogP contribution in [-0.4, -0.2) is 10.2 Å². The number of aliphatic hydroxyl groups excluding tert-OH is 1. The van der Waals surface area contributed by atoms with E-state index in [4.69, 9.17) is 0 Å². The lowest BCUT2D eigenvalue weighted by atomic mass is 9.95. The first-order valence-electron chi connectivity index (χ1n) is 9.19. The maximum absolute atomic E-state index is 11.1. The van der Waals surface area contributed by atoms with Crippen molar-refractivity contribution >= 4 is 21.4 Å². The number of phenols is 1. The standard InChI is InChI=1S/C22H18O2S.C2H6/c1-14-6-8-15(9-7-14)21(24)20-18-4-2-3-5-19(18)25-22(20)16-10-12-17(23)13-11-16;1-2/h2-13,21,23-24H,1H3;1-2H3.